The van der Waals surface area contributed by atoms with Crippen LogP contribution in [0, 0.1) is 5.92 Å². The number of carboxylic acids is 1. The predicted molar refractivity (Wildman–Crippen MR) is 70.6 cm³/mol. The van der Waals surface area contributed by atoms with Crippen LogP contribution in [0.2, 0.25) is 0 Å². The van der Waals surface area contributed by atoms with Crippen LogP contribution in [-0.2, 0) is 0 Å². The molecule has 1 heterocycles. The van der Waals surface area contributed by atoms with Crippen molar-refractivity contribution in [1.29, 1.82) is 0 Å². The van der Waals surface area contributed by atoms with Crippen LogP contribution in [0.5, 0.6) is 5.75 Å². The molecule has 1 aliphatic rings. The highest BCUT2D eigenvalue weighted by atomic mass is 16.4. The maximum absolute atomic E-state index is 11.5. The molecule has 1 aliphatic carbocycles. The van der Waals surface area contributed by atoms with Crippen molar-refractivity contribution >= 4 is 5.97 Å². The Bertz CT molecular complexity index is 529. The molecule has 5 heteroatoms. The Morgan fingerprint density at radius 2 is 1.95 bits per heavy atom. The van der Waals surface area contributed by atoms with E-state index in [1.54, 1.807) is 4.57 Å². The van der Waals surface area contributed by atoms with Crippen LogP contribution in [0.25, 0.3) is 0 Å². The van der Waals surface area contributed by atoms with E-state index in [9.17, 15) is 14.7 Å². The summed E-state index contributed by atoms with van der Waals surface area (Å²) in [5.74, 6) is -1.33. The average molecular weight is 265 g/mol. The first-order chi connectivity index (χ1) is 9.00. The number of aromatic hydroxyl groups is 1. The van der Waals surface area contributed by atoms with Gasteiger partial charge in [-0.1, -0.05) is 19.3 Å². The molecule has 1 atom stereocenters. The molecular formula is C14H19NO4. The van der Waals surface area contributed by atoms with E-state index in [2.05, 4.69) is 0 Å². The molecule has 0 unspecified atom stereocenters. The normalized spacial score (nSPS) is 18.2. The van der Waals surface area contributed by atoms with Gasteiger partial charge in [0, 0.05) is 12.2 Å². The van der Waals surface area contributed by atoms with Gasteiger partial charge in [0.1, 0.15) is 5.56 Å². The fraction of sp³-hybridized carbons (Fsp3) is 0.571. The molecule has 0 aromatic carbocycles. The van der Waals surface area contributed by atoms with Crippen LogP contribution in [0.4, 0.5) is 0 Å². The number of hydrogen-bond donors (Lipinski definition) is 2. The maximum Gasteiger partial charge on any atom is 0.341 e. The van der Waals surface area contributed by atoms with Crippen LogP contribution in [-0.4, -0.2) is 20.7 Å². The second kappa shape index (κ2) is 5.47. The molecule has 0 saturated heterocycles. The molecule has 0 radical (unpaired) electrons. The van der Waals surface area contributed by atoms with Gasteiger partial charge in [0.25, 0.3) is 0 Å². The largest absolute Gasteiger partial charge is 0.503 e. The van der Waals surface area contributed by atoms with Crippen LogP contribution >= 0.6 is 0 Å². The Labute approximate surface area is 111 Å². The number of pyridine rings is 1. The van der Waals surface area contributed by atoms with E-state index in [1.807, 2.05) is 6.92 Å². The number of carboxylic acid groups (broad SMARTS) is 1. The first kappa shape index (κ1) is 13.6. The fourth-order valence-electron chi connectivity index (χ4n) is 2.83. The molecule has 0 amide bonds. The van der Waals surface area contributed by atoms with Gasteiger partial charge in [-0.05, 0) is 25.7 Å². The Hall–Kier alpha value is -1.78. The zero-order valence-electron chi connectivity index (χ0n) is 11.0. The minimum atomic E-state index is -1.30. The monoisotopic (exact) mass is 265 g/mol. The second-order valence-electron chi connectivity index (χ2n) is 5.28. The second-order valence-corrected chi connectivity index (χ2v) is 5.28. The summed E-state index contributed by atoms with van der Waals surface area (Å²) in [5, 5.41) is 18.6. The molecule has 0 aliphatic heterocycles. The van der Waals surface area contributed by atoms with Crippen molar-refractivity contribution in [2.75, 3.05) is 0 Å². The van der Waals surface area contributed by atoms with E-state index in [0.29, 0.717) is 5.92 Å². The highest BCUT2D eigenvalue weighted by Crippen LogP contribution is 2.32. The maximum atomic E-state index is 11.5. The lowest BCUT2D eigenvalue weighted by atomic mass is 9.84. The molecule has 1 saturated carbocycles. The summed E-state index contributed by atoms with van der Waals surface area (Å²) >= 11 is 0. The highest BCUT2D eigenvalue weighted by Gasteiger charge is 2.23. The van der Waals surface area contributed by atoms with Gasteiger partial charge in [-0.15, -0.1) is 0 Å². The van der Waals surface area contributed by atoms with E-state index in [4.69, 9.17) is 5.11 Å². The Morgan fingerprint density at radius 3 is 2.53 bits per heavy atom. The molecule has 1 aromatic heterocycles. The summed E-state index contributed by atoms with van der Waals surface area (Å²) in [6.45, 7) is 2.01. The van der Waals surface area contributed by atoms with Crippen molar-refractivity contribution in [3.8, 4) is 5.75 Å². The van der Waals surface area contributed by atoms with E-state index in [-0.39, 0.29) is 11.6 Å². The summed E-state index contributed by atoms with van der Waals surface area (Å²) in [5.41, 5.74) is -1.19. The van der Waals surface area contributed by atoms with Crippen LogP contribution in [0.15, 0.2) is 17.2 Å². The predicted octanol–water partition coefficient (Wildman–Crippen LogP) is 2.39. The quantitative estimate of drug-likeness (QED) is 0.879. The summed E-state index contributed by atoms with van der Waals surface area (Å²) in [6, 6.07) is 0.0879. The lowest BCUT2D eigenvalue weighted by Gasteiger charge is -2.29. The van der Waals surface area contributed by atoms with Crippen molar-refractivity contribution in [2.45, 2.75) is 45.1 Å². The molecule has 2 N–H and O–H groups in total. The Morgan fingerprint density at radius 1 is 1.32 bits per heavy atom. The topological polar surface area (TPSA) is 79.5 Å². The molecule has 1 aromatic rings. The van der Waals surface area contributed by atoms with Gasteiger partial charge in [-0.2, -0.15) is 0 Å². The van der Waals surface area contributed by atoms with E-state index >= 15 is 0 Å². The van der Waals surface area contributed by atoms with Crippen molar-refractivity contribution in [3.63, 3.8) is 0 Å². The molecular weight excluding hydrogens is 246 g/mol. The molecule has 2 rings (SSSR count). The summed E-state index contributed by atoms with van der Waals surface area (Å²) < 4.78 is 1.66. The van der Waals surface area contributed by atoms with Crippen molar-refractivity contribution < 1.29 is 15.0 Å². The van der Waals surface area contributed by atoms with Crippen LogP contribution in [0.1, 0.15) is 55.4 Å². The van der Waals surface area contributed by atoms with Gasteiger partial charge in [0.2, 0.25) is 5.43 Å². The number of aromatic carboxylic acids is 1. The first-order valence-corrected chi connectivity index (χ1v) is 6.68. The minimum Gasteiger partial charge on any atom is -0.503 e. The Kier molecular flexibility index (Phi) is 3.93. The molecule has 0 bridgehead atoms. The number of aromatic nitrogens is 1. The molecule has 1 fully saturated rings. The standard InChI is InChI=1S/C14H19NO4/c1-9(10-5-3-2-4-6-10)15-7-11(14(18)19)13(17)12(16)8-15/h7-10,16H,2-6H2,1H3,(H,18,19)/t9-/m0/s1. The summed E-state index contributed by atoms with van der Waals surface area (Å²) in [6.07, 6.45) is 8.52. The van der Waals surface area contributed by atoms with Gasteiger partial charge in [-0.3, -0.25) is 4.79 Å². The SMILES string of the molecule is C[C@@H](C1CCCCC1)n1cc(O)c(=O)c(C(=O)O)c1. The van der Waals surface area contributed by atoms with E-state index < -0.39 is 17.1 Å². The fourth-order valence-corrected chi connectivity index (χ4v) is 2.83. The van der Waals surface area contributed by atoms with E-state index in [0.717, 1.165) is 12.8 Å². The lowest BCUT2D eigenvalue weighted by Crippen LogP contribution is -2.23. The molecule has 104 valence electrons. The van der Waals surface area contributed by atoms with Crippen molar-refractivity contribution in [3.05, 3.63) is 28.2 Å². The highest BCUT2D eigenvalue weighted by molar-refractivity contribution is 5.87. The lowest BCUT2D eigenvalue weighted by molar-refractivity contribution is 0.0693. The van der Waals surface area contributed by atoms with Gasteiger partial charge >= 0.3 is 5.97 Å². The molecule has 5 nitrogen and oxygen atoms in total. The van der Waals surface area contributed by atoms with Gasteiger partial charge in [-0.25, -0.2) is 4.79 Å². The smallest absolute Gasteiger partial charge is 0.341 e. The van der Waals surface area contributed by atoms with Gasteiger partial charge in [0.05, 0.1) is 6.20 Å². The zero-order valence-corrected chi connectivity index (χ0v) is 11.0. The van der Waals surface area contributed by atoms with Gasteiger partial charge in [0.15, 0.2) is 5.75 Å². The molecule has 19 heavy (non-hydrogen) atoms. The van der Waals surface area contributed by atoms with E-state index in [1.165, 1.54) is 31.7 Å². The number of hydrogen-bond acceptors (Lipinski definition) is 3. The summed E-state index contributed by atoms with van der Waals surface area (Å²) in [4.78, 5) is 22.5. The number of nitrogens with zero attached hydrogens (tertiary/aromatic N) is 1. The van der Waals surface area contributed by atoms with Crippen LogP contribution in [0.3, 0.4) is 0 Å². The average Bonchev–Trinajstić information content (AvgIpc) is 2.41. The zero-order chi connectivity index (χ0) is 14.0. The number of carbonyl (C=O) groups is 1. The third kappa shape index (κ3) is 2.80. The third-order valence-electron chi connectivity index (χ3n) is 4.06. The third-order valence-corrected chi connectivity index (χ3v) is 4.06. The summed E-state index contributed by atoms with van der Waals surface area (Å²) in [7, 11) is 0. The Balaban J connectivity index is 2.33. The molecule has 0 spiro atoms. The minimum absolute atomic E-state index is 0.0879. The first-order valence-electron chi connectivity index (χ1n) is 6.68. The van der Waals surface area contributed by atoms with Crippen molar-refractivity contribution in [2.24, 2.45) is 5.92 Å². The van der Waals surface area contributed by atoms with Gasteiger partial charge < -0.3 is 14.8 Å². The van der Waals surface area contributed by atoms with Crippen molar-refractivity contribution in [1.82, 2.24) is 4.57 Å². The van der Waals surface area contributed by atoms with Crippen LogP contribution < -0.4 is 5.43 Å². The number of rotatable bonds is 3.